The number of pyridine rings is 1. The number of fused-ring (bicyclic) bond motifs is 1. The summed E-state index contributed by atoms with van der Waals surface area (Å²) in [4.78, 5) is 16.3. The summed E-state index contributed by atoms with van der Waals surface area (Å²) >= 11 is 8.13. The van der Waals surface area contributed by atoms with Crippen LogP contribution >= 0.6 is 28.6 Å². The smallest absolute Gasteiger partial charge is 0.180 e. The topological polar surface area (TPSA) is 71.0 Å². The molecule has 0 fully saturated rings. The van der Waals surface area contributed by atoms with Gasteiger partial charge < -0.3 is 19.6 Å². The Morgan fingerprint density at radius 3 is 2.56 bits per heavy atom. The molecule has 0 radical (unpaired) electrons. The molecule has 2 N–H and O–H groups in total. The van der Waals surface area contributed by atoms with E-state index in [-0.39, 0.29) is 0 Å². The molecule has 3 aromatic heterocycles. The van der Waals surface area contributed by atoms with Gasteiger partial charge in [-0.1, -0.05) is 26.0 Å². The molecule has 0 aliphatic rings. The van der Waals surface area contributed by atoms with Crippen LogP contribution in [0, 0.1) is 13.8 Å². The minimum absolute atomic E-state index is 0.646. The van der Waals surface area contributed by atoms with E-state index in [0.29, 0.717) is 12.3 Å². The number of nitrogens with one attached hydrogen (secondary N) is 2. The molecular weight excluding hydrogens is 596 g/mol. The van der Waals surface area contributed by atoms with Crippen molar-refractivity contribution < 1.29 is 4.74 Å². The number of ether oxygens (including phenoxy) is 1. The largest absolute Gasteiger partial charge is 0.492 e. The zero-order valence-electron chi connectivity index (χ0n) is 24.0. The molecular formula is C32H37BrN6OS. The standard InChI is InChI=1S/C32H37BrN6OS/c1-5-13-38(14-6-2)15-16-40-25-11-8-10-24(19-25)39-21(3)17-27(22(39)4)31-36-30-29(28(33)20-34-32(30)37-31)35-23-9-7-12-26(41)18-23/h7-12,17-20,41H,5-6,13-16H2,1-4H3,(H2,34,35,36,37). The van der Waals surface area contributed by atoms with Gasteiger partial charge in [-0.05, 0) is 92.1 Å². The number of imidazole rings is 1. The van der Waals surface area contributed by atoms with Gasteiger partial charge in [0.25, 0.3) is 0 Å². The van der Waals surface area contributed by atoms with Gasteiger partial charge in [0.15, 0.2) is 5.65 Å². The van der Waals surface area contributed by atoms with E-state index in [1.165, 1.54) is 0 Å². The minimum Gasteiger partial charge on any atom is -0.492 e. The summed E-state index contributed by atoms with van der Waals surface area (Å²) < 4.78 is 9.28. The zero-order chi connectivity index (χ0) is 28.9. The molecule has 9 heteroatoms. The SMILES string of the molecule is CCCN(CCC)CCOc1cccc(-n2c(C)cc(-c3nc4ncc(Br)c(Nc5cccc(S)c5)c4[nH]3)c2C)c1. The van der Waals surface area contributed by atoms with E-state index >= 15 is 0 Å². The number of halogens is 1. The lowest BCUT2D eigenvalue weighted by Gasteiger charge is -2.21. The summed E-state index contributed by atoms with van der Waals surface area (Å²) in [5.41, 5.74) is 7.59. The molecule has 3 heterocycles. The van der Waals surface area contributed by atoms with Gasteiger partial charge in [-0.2, -0.15) is 0 Å². The molecule has 0 aliphatic carbocycles. The summed E-state index contributed by atoms with van der Waals surface area (Å²) in [5.74, 6) is 1.65. The summed E-state index contributed by atoms with van der Waals surface area (Å²) in [6.45, 7) is 12.5. The van der Waals surface area contributed by atoms with E-state index < -0.39 is 0 Å². The number of aromatic nitrogens is 4. The Bertz CT molecular complexity index is 1640. The van der Waals surface area contributed by atoms with Crippen LogP contribution in [-0.2, 0) is 0 Å². The second kappa shape index (κ2) is 13.1. The molecule has 0 amide bonds. The van der Waals surface area contributed by atoms with E-state index in [9.17, 15) is 0 Å². The molecule has 41 heavy (non-hydrogen) atoms. The van der Waals surface area contributed by atoms with Crippen LogP contribution in [0.25, 0.3) is 28.2 Å². The Hall–Kier alpha value is -3.27. The number of hydrogen-bond acceptors (Lipinski definition) is 6. The first-order valence-corrected chi connectivity index (χ1v) is 15.4. The number of anilines is 2. The van der Waals surface area contributed by atoms with Crippen molar-refractivity contribution >= 4 is 51.1 Å². The van der Waals surface area contributed by atoms with E-state index in [1.54, 1.807) is 6.20 Å². The van der Waals surface area contributed by atoms with Crippen molar-refractivity contribution in [2.24, 2.45) is 0 Å². The second-order valence-corrected chi connectivity index (χ2v) is 11.6. The Kier molecular flexibility index (Phi) is 9.37. The van der Waals surface area contributed by atoms with Crippen molar-refractivity contribution in [3.8, 4) is 22.8 Å². The number of nitrogens with zero attached hydrogens (tertiary/aromatic N) is 4. The molecule has 0 atom stereocenters. The third-order valence-corrected chi connectivity index (χ3v) is 7.99. The molecule has 5 rings (SSSR count). The van der Waals surface area contributed by atoms with Gasteiger partial charge in [0.2, 0.25) is 0 Å². The van der Waals surface area contributed by atoms with Crippen molar-refractivity contribution in [3.63, 3.8) is 0 Å². The average molecular weight is 634 g/mol. The predicted molar refractivity (Wildman–Crippen MR) is 175 cm³/mol. The van der Waals surface area contributed by atoms with E-state index in [1.807, 2.05) is 30.3 Å². The second-order valence-electron chi connectivity index (χ2n) is 10.2. The first-order chi connectivity index (χ1) is 19.9. The van der Waals surface area contributed by atoms with Gasteiger partial charge >= 0.3 is 0 Å². The van der Waals surface area contributed by atoms with Crippen molar-refractivity contribution in [3.05, 3.63) is 76.7 Å². The van der Waals surface area contributed by atoms with Crippen molar-refractivity contribution in [2.45, 2.75) is 45.4 Å². The fourth-order valence-electron chi connectivity index (χ4n) is 5.28. The van der Waals surface area contributed by atoms with Crippen molar-refractivity contribution in [2.75, 3.05) is 31.6 Å². The van der Waals surface area contributed by atoms with Gasteiger partial charge in [0.05, 0.1) is 10.2 Å². The maximum atomic E-state index is 6.18. The van der Waals surface area contributed by atoms with E-state index in [0.717, 1.165) is 92.9 Å². The average Bonchev–Trinajstić information content (AvgIpc) is 3.51. The van der Waals surface area contributed by atoms with Crippen LogP contribution in [0.2, 0.25) is 0 Å². The quantitative estimate of drug-likeness (QED) is 0.121. The zero-order valence-corrected chi connectivity index (χ0v) is 26.5. The molecule has 5 aromatic rings. The molecule has 0 saturated heterocycles. The summed E-state index contributed by atoms with van der Waals surface area (Å²) in [7, 11) is 0. The highest BCUT2D eigenvalue weighted by Crippen LogP contribution is 2.35. The molecule has 0 spiro atoms. The Morgan fingerprint density at radius 2 is 1.80 bits per heavy atom. The van der Waals surface area contributed by atoms with Crippen LogP contribution in [-0.4, -0.2) is 50.7 Å². The van der Waals surface area contributed by atoms with Crippen molar-refractivity contribution in [1.82, 2.24) is 24.4 Å². The van der Waals surface area contributed by atoms with Crippen LogP contribution < -0.4 is 10.1 Å². The fraction of sp³-hybridized carbons (Fsp3) is 0.312. The van der Waals surface area contributed by atoms with Crippen LogP contribution in [0.5, 0.6) is 5.75 Å². The molecule has 214 valence electrons. The van der Waals surface area contributed by atoms with Crippen molar-refractivity contribution in [1.29, 1.82) is 0 Å². The lowest BCUT2D eigenvalue weighted by molar-refractivity contribution is 0.209. The Balaban J connectivity index is 1.41. The third kappa shape index (κ3) is 6.63. The number of thiol groups is 1. The number of benzene rings is 2. The normalized spacial score (nSPS) is 11.5. The Labute approximate surface area is 255 Å². The van der Waals surface area contributed by atoms with Gasteiger partial charge in [-0.15, -0.1) is 12.6 Å². The number of rotatable bonds is 12. The molecule has 0 saturated carbocycles. The number of H-pyrrole nitrogens is 1. The molecule has 0 aliphatic heterocycles. The van der Waals surface area contributed by atoms with Crippen LogP contribution in [0.15, 0.2) is 70.2 Å². The Morgan fingerprint density at radius 1 is 1.02 bits per heavy atom. The van der Waals surface area contributed by atoms with Gasteiger partial charge in [0, 0.05) is 52.0 Å². The molecule has 7 nitrogen and oxygen atoms in total. The van der Waals surface area contributed by atoms with E-state index in [2.05, 4.69) is 105 Å². The third-order valence-electron chi connectivity index (χ3n) is 7.11. The number of hydrogen-bond donors (Lipinski definition) is 3. The number of aromatic amines is 1. The van der Waals surface area contributed by atoms with Crippen LogP contribution in [0.3, 0.4) is 0 Å². The summed E-state index contributed by atoms with van der Waals surface area (Å²) in [6, 6.07) is 18.4. The summed E-state index contributed by atoms with van der Waals surface area (Å²) in [5, 5.41) is 3.49. The van der Waals surface area contributed by atoms with Crippen LogP contribution in [0.4, 0.5) is 11.4 Å². The lowest BCUT2D eigenvalue weighted by Crippen LogP contribution is -2.30. The van der Waals surface area contributed by atoms with Gasteiger partial charge in [-0.3, -0.25) is 4.90 Å². The predicted octanol–water partition coefficient (Wildman–Crippen LogP) is 8.33. The van der Waals surface area contributed by atoms with Gasteiger partial charge in [0.1, 0.15) is 23.7 Å². The highest BCUT2D eigenvalue weighted by atomic mass is 79.9. The minimum atomic E-state index is 0.646. The summed E-state index contributed by atoms with van der Waals surface area (Å²) in [6.07, 6.45) is 4.09. The fourth-order valence-corrected chi connectivity index (χ4v) is 5.91. The highest BCUT2D eigenvalue weighted by Gasteiger charge is 2.19. The molecule has 2 aromatic carbocycles. The van der Waals surface area contributed by atoms with Gasteiger partial charge in [-0.25, -0.2) is 9.97 Å². The molecule has 0 unspecified atom stereocenters. The number of aryl methyl sites for hydroxylation is 1. The first kappa shape index (κ1) is 29.2. The maximum absolute atomic E-state index is 6.18. The lowest BCUT2D eigenvalue weighted by atomic mass is 10.2. The monoisotopic (exact) mass is 632 g/mol. The van der Waals surface area contributed by atoms with E-state index in [4.69, 9.17) is 9.72 Å². The first-order valence-electron chi connectivity index (χ1n) is 14.1. The van der Waals surface area contributed by atoms with Crippen LogP contribution in [0.1, 0.15) is 38.1 Å². The highest BCUT2D eigenvalue weighted by molar-refractivity contribution is 9.10. The molecule has 0 bridgehead atoms. The maximum Gasteiger partial charge on any atom is 0.180 e.